The molecule has 5 heteroatoms. The maximum Gasteiger partial charge on any atom is 0.186 e. The van der Waals surface area contributed by atoms with E-state index in [1.165, 1.54) is 5.01 Å². The van der Waals surface area contributed by atoms with Crippen LogP contribution < -0.4 is 5.73 Å². The monoisotopic (exact) mass is 270 g/mol. The van der Waals surface area contributed by atoms with E-state index in [4.69, 9.17) is 18.0 Å². The molecule has 0 bridgehead atoms. The Kier molecular flexibility index (Phi) is 4.20. The fourth-order valence-corrected chi connectivity index (χ4v) is 1.60. The number of hydrazone groups is 1. The fraction of sp³-hybridized carbons (Fsp3) is 0.0714. The van der Waals surface area contributed by atoms with E-state index in [1.807, 2.05) is 48.5 Å². The summed E-state index contributed by atoms with van der Waals surface area (Å²) in [6, 6.07) is 15.5. The van der Waals surface area contributed by atoms with Gasteiger partial charge in [-0.3, -0.25) is 4.98 Å². The fourth-order valence-electron chi connectivity index (χ4n) is 1.55. The number of hydrogen-bond acceptors (Lipinski definition) is 3. The van der Waals surface area contributed by atoms with E-state index < -0.39 is 0 Å². The summed E-state index contributed by atoms with van der Waals surface area (Å²) in [5.74, 6) is 0. The molecule has 0 aliphatic carbocycles. The molecule has 0 radical (unpaired) electrons. The molecule has 0 fully saturated rings. The highest BCUT2D eigenvalue weighted by molar-refractivity contribution is 7.80. The average Bonchev–Trinajstić information content (AvgIpc) is 2.46. The van der Waals surface area contributed by atoms with Crippen LogP contribution in [0, 0.1) is 0 Å². The van der Waals surface area contributed by atoms with Crippen molar-refractivity contribution in [2.24, 2.45) is 10.8 Å². The van der Waals surface area contributed by atoms with Gasteiger partial charge in [0, 0.05) is 18.8 Å². The van der Waals surface area contributed by atoms with Crippen LogP contribution in [0.15, 0.2) is 59.8 Å². The smallest absolute Gasteiger partial charge is 0.186 e. The number of thiocarbonyl (C=S) groups is 1. The molecule has 2 rings (SSSR count). The van der Waals surface area contributed by atoms with E-state index in [2.05, 4.69) is 10.1 Å². The summed E-state index contributed by atoms with van der Waals surface area (Å²) in [5.41, 5.74) is 8.04. The quantitative estimate of drug-likeness (QED) is 0.526. The van der Waals surface area contributed by atoms with Gasteiger partial charge in [0.25, 0.3) is 0 Å². The minimum absolute atomic E-state index is 0.212. The van der Waals surface area contributed by atoms with Gasteiger partial charge in [0.05, 0.1) is 5.69 Å². The zero-order valence-corrected chi connectivity index (χ0v) is 11.3. The third-order valence-corrected chi connectivity index (χ3v) is 2.79. The number of benzene rings is 1. The molecular weight excluding hydrogens is 256 g/mol. The lowest BCUT2D eigenvalue weighted by molar-refractivity contribution is 0.549. The van der Waals surface area contributed by atoms with Gasteiger partial charge in [-0.05, 0) is 24.4 Å². The largest absolute Gasteiger partial charge is 0.375 e. The molecule has 0 amide bonds. The number of nitrogens with two attached hydrogens (primary N) is 1. The predicted molar refractivity (Wildman–Crippen MR) is 80.9 cm³/mol. The first-order chi connectivity index (χ1) is 9.18. The van der Waals surface area contributed by atoms with E-state index in [0.717, 1.165) is 17.0 Å². The normalized spacial score (nSPS) is 11.1. The van der Waals surface area contributed by atoms with Gasteiger partial charge < -0.3 is 5.73 Å². The lowest BCUT2D eigenvalue weighted by Crippen LogP contribution is -2.28. The van der Waals surface area contributed by atoms with Crippen LogP contribution in [0.1, 0.15) is 11.3 Å². The van der Waals surface area contributed by atoms with Crippen molar-refractivity contribution < 1.29 is 0 Å². The van der Waals surface area contributed by atoms with Crippen LogP contribution in [-0.2, 0) is 0 Å². The molecular formula is C14H14N4S. The first-order valence-electron chi connectivity index (χ1n) is 5.77. The standard InChI is InChI=1S/C14H14N4S/c1-18(14(15)19)17-13(11-7-3-2-4-8-11)12-9-5-6-10-16-12/h2-10H,1H3,(H2,15,19)/b17-13+. The van der Waals surface area contributed by atoms with Gasteiger partial charge in [0.15, 0.2) is 5.11 Å². The van der Waals surface area contributed by atoms with Crippen molar-refractivity contribution in [3.8, 4) is 0 Å². The molecule has 1 aromatic heterocycles. The van der Waals surface area contributed by atoms with Crippen molar-refractivity contribution in [3.63, 3.8) is 0 Å². The second kappa shape index (κ2) is 6.06. The van der Waals surface area contributed by atoms with Crippen LogP contribution in [0.25, 0.3) is 0 Å². The van der Waals surface area contributed by atoms with Crippen molar-refractivity contribution in [3.05, 3.63) is 66.0 Å². The number of pyridine rings is 1. The van der Waals surface area contributed by atoms with E-state index in [-0.39, 0.29) is 5.11 Å². The summed E-state index contributed by atoms with van der Waals surface area (Å²) in [7, 11) is 1.72. The maximum atomic E-state index is 5.57. The van der Waals surface area contributed by atoms with Gasteiger partial charge in [-0.15, -0.1) is 0 Å². The number of nitrogens with zero attached hydrogens (tertiary/aromatic N) is 3. The summed E-state index contributed by atoms with van der Waals surface area (Å²) in [5, 5.41) is 6.11. The van der Waals surface area contributed by atoms with Crippen molar-refractivity contribution in [2.75, 3.05) is 7.05 Å². The Labute approximate surface area is 117 Å². The molecule has 0 spiro atoms. The van der Waals surface area contributed by atoms with Crippen LogP contribution in [-0.4, -0.2) is 27.9 Å². The van der Waals surface area contributed by atoms with Crippen LogP contribution in [0.3, 0.4) is 0 Å². The molecule has 1 aromatic carbocycles. The molecule has 0 aliphatic heterocycles. The van der Waals surface area contributed by atoms with Crippen molar-refractivity contribution in [1.82, 2.24) is 9.99 Å². The molecule has 4 nitrogen and oxygen atoms in total. The Hall–Kier alpha value is -2.27. The van der Waals surface area contributed by atoms with Gasteiger partial charge in [0.2, 0.25) is 0 Å². The average molecular weight is 270 g/mol. The molecule has 0 aliphatic rings. The van der Waals surface area contributed by atoms with Crippen LogP contribution in [0.2, 0.25) is 0 Å². The third kappa shape index (κ3) is 3.35. The first kappa shape index (κ1) is 13.2. The zero-order chi connectivity index (χ0) is 13.7. The second-order valence-corrected chi connectivity index (χ2v) is 4.31. The van der Waals surface area contributed by atoms with Gasteiger partial charge in [-0.25, -0.2) is 5.01 Å². The van der Waals surface area contributed by atoms with E-state index >= 15 is 0 Å². The molecule has 0 saturated carbocycles. The lowest BCUT2D eigenvalue weighted by atomic mass is 10.1. The highest BCUT2D eigenvalue weighted by atomic mass is 32.1. The van der Waals surface area contributed by atoms with Crippen molar-refractivity contribution in [1.29, 1.82) is 0 Å². The third-order valence-electron chi connectivity index (χ3n) is 2.52. The molecule has 96 valence electrons. The Balaban J connectivity index is 2.49. The second-order valence-electron chi connectivity index (χ2n) is 3.89. The summed E-state index contributed by atoms with van der Waals surface area (Å²) in [4.78, 5) is 4.33. The van der Waals surface area contributed by atoms with E-state index in [9.17, 15) is 0 Å². The molecule has 1 heterocycles. The summed E-state index contributed by atoms with van der Waals surface area (Å²) in [6.45, 7) is 0. The Morgan fingerprint density at radius 3 is 2.42 bits per heavy atom. The van der Waals surface area contributed by atoms with Crippen molar-refractivity contribution in [2.45, 2.75) is 0 Å². The molecule has 0 atom stereocenters. The van der Waals surface area contributed by atoms with Crippen LogP contribution in [0.4, 0.5) is 0 Å². The summed E-state index contributed by atoms with van der Waals surface area (Å²) < 4.78 is 0. The molecule has 2 aromatic rings. The van der Waals surface area contributed by atoms with E-state index in [0.29, 0.717) is 0 Å². The van der Waals surface area contributed by atoms with E-state index in [1.54, 1.807) is 13.2 Å². The topological polar surface area (TPSA) is 54.5 Å². The number of rotatable bonds is 3. The van der Waals surface area contributed by atoms with Gasteiger partial charge >= 0.3 is 0 Å². The molecule has 19 heavy (non-hydrogen) atoms. The summed E-state index contributed by atoms with van der Waals surface area (Å²) >= 11 is 4.91. The number of hydrogen-bond donors (Lipinski definition) is 1. The van der Waals surface area contributed by atoms with Crippen LogP contribution in [0.5, 0.6) is 0 Å². The minimum atomic E-state index is 0.212. The number of aromatic nitrogens is 1. The zero-order valence-electron chi connectivity index (χ0n) is 10.5. The molecule has 0 saturated heterocycles. The van der Waals surface area contributed by atoms with Gasteiger partial charge in [-0.2, -0.15) is 5.10 Å². The maximum absolute atomic E-state index is 5.57. The predicted octanol–water partition coefficient (Wildman–Crippen LogP) is 2.01. The van der Waals surface area contributed by atoms with Crippen molar-refractivity contribution >= 4 is 23.0 Å². The highest BCUT2D eigenvalue weighted by Gasteiger charge is 2.09. The molecule has 2 N–H and O–H groups in total. The van der Waals surface area contributed by atoms with Crippen LogP contribution >= 0.6 is 12.2 Å². The Bertz CT molecular complexity index is 539. The Morgan fingerprint density at radius 2 is 1.84 bits per heavy atom. The SMILES string of the molecule is CN(/N=C(\c1ccccc1)c1ccccn1)C(N)=S. The van der Waals surface area contributed by atoms with Gasteiger partial charge in [-0.1, -0.05) is 36.4 Å². The first-order valence-corrected chi connectivity index (χ1v) is 6.18. The Morgan fingerprint density at radius 1 is 1.16 bits per heavy atom. The minimum Gasteiger partial charge on any atom is -0.375 e. The lowest BCUT2D eigenvalue weighted by Gasteiger charge is -2.13. The molecule has 0 unspecified atom stereocenters. The summed E-state index contributed by atoms with van der Waals surface area (Å²) in [6.07, 6.45) is 1.73. The van der Waals surface area contributed by atoms with Gasteiger partial charge in [0.1, 0.15) is 5.71 Å². The highest BCUT2D eigenvalue weighted by Crippen LogP contribution is 2.09.